The Balaban J connectivity index is 0.000000653. The second-order valence-corrected chi connectivity index (χ2v) is 8.74. The number of aliphatic imine (C=N–C) groups is 3. The van der Waals surface area contributed by atoms with Gasteiger partial charge in [-0.2, -0.15) is 0 Å². The van der Waals surface area contributed by atoms with Crippen molar-refractivity contribution in [1.82, 2.24) is 0 Å². The third-order valence-electron chi connectivity index (χ3n) is 5.19. The Morgan fingerprint density at radius 1 is 0.500 bits per heavy atom. The fourth-order valence-corrected chi connectivity index (χ4v) is 3.08. The van der Waals surface area contributed by atoms with Gasteiger partial charge in [0.25, 0.3) is 0 Å². The molecule has 0 spiro atoms. The molecule has 0 aliphatic rings. The summed E-state index contributed by atoms with van der Waals surface area (Å²) < 4.78 is 0. The van der Waals surface area contributed by atoms with E-state index in [4.69, 9.17) is 15.3 Å². The minimum Gasteiger partial charge on any atom is -0.548 e. The van der Waals surface area contributed by atoms with Gasteiger partial charge in [0.15, 0.2) is 0 Å². The number of phenols is 6. The van der Waals surface area contributed by atoms with Crippen LogP contribution in [0.15, 0.2) is 69.6 Å². The third-order valence-corrected chi connectivity index (χ3v) is 5.19. The Bertz CT molecular complexity index is 1350. The number of aromatic hydroxyl groups is 6. The van der Waals surface area contributed by atoms with Crippen LogP contribution in [-0.2, 0) is 50.7 Å². The second kappa shape index (κ2) is 22.0. The zero-order valence-corrected chi connectivity index (χ0v) is 25.1. The molecule has 0 atom stereocenters. The van der Waals surface area contributed by atoms with E-state index in [9.17, 15) is 45.0 Å². The molecule has 3 aromatic carbocycles. The van der Waals surface area contributed by atoms with E-state index in [1.807, 2.05) is 0 Å². The van der Waals surface area contributed by atoms with Gasteiger partial charge < -0.3 is 60.3 Å². The van der Waals surface area contributed by atoms with Crippen LogP contribution in [-0.4, -0.2) is 86.8 Å². The van der Waals surface area contributed by atoms with Gasteiger partial charge in [-0.15, -0.1) is 0 Å². The van der Waals surface area contributed by atoms with Crippen molar-refractivity contribution < 1.29 is 77.4 Å². The summed E-state index contributed by atoms with van der Waals surface area (Å²) in [6.45, 7) is -1.17. The molecule has 0 saturated heterocycles. The quantitative estimate of drug-likeness (QED) is 0.0930. The minimum atomic E-state index is -1.25. The van der Waals surface area contributed by atoms with Crippen molar-refractivity contribution in [3.63, 3.8) is 0 Å². The molecule has 6 N–H and O–H groups in total. The van der Waals surface area contributed by atoms with Crippen molar-refractivity contribution >= 4 is 36.6 Å². The molecule has 0 bridgehead atoms. The zero-order valence-electron chi connectivity index (χ0n) is 24.0. The summed E-state index contributed by atoms with van der Waals surface area (Å²) in [7, 11) is 0. The first kappa shape index (κ1) is 40.4. The number of hydrogen-bond acceptors (Lipinski definition) is 15. The molecule has 0 saturated carbocycles. The smallest absolute Gasteiger partial charge is 0.548 e. The van der Waals surface area contributed by atoms with E-state index >= 15 is 0 Å². The fourth-order valence-electron chi connectivity index (χ4n) is 3.08. The van der Waals surface area contributed by atoms with Gasteiger partial charge in [-0.3, -0.25) is 15.0 Å². The summed E-state index contributed by atoms with van der Waals surface area (Å²) in [4.78, 5) is 40.8. The van der Waals surface area contributed by atoms with E-state index < -0.39 is 37.5 Å². The Hall–Kier alpha value is -5.60. The van der Waals surface area contributed by atoms with Crippen molar-refractivity contribution in [1.29, 1.82) is 0 Å². The number of rotatable bonds is 12. The molecule has 0 amide bonds. The van der Waals surface area contributed by atoms with Gasteiger partial charge in [0.2, 0.25) is 0 Å². The molecule has 0 aliphatic heterocycles. The summed E-state index contributed by atoms with van der Waals surface area (Å²) in [6, 6.07) is 12.5. The first-order chi connectivity index (χ1) is 21.3. The van der Waals surface area contributed by atoms with Gasteiger partial charge in [0.1, 0.15) is 34.5 Å². The molecule has 46 heavy (non-hydrogen) atoms. The van der Waals surface area contributed by atoms with E-state index in [1.54, 1.807) is 0 Å². The summed E-state index contributed by atoms with van der Waals surface area (Å²) in [5.41, 5.74) is 1.69. The number of hydrogen-bond donors (Lipinski definition) is 6. The number of benzene rings is 3. The molecule has 3 rings (SSSR count). The molecular formula is C30H30FeN3O12. The van der Waals surface area contributed by atoms with Gasteiger partial charge in [0, 0.05) is 56.1 Å². The van der Waals surface area contributed by atoms with Gasteiger partial charge in [-0.1, -0.05) is 18.2 Å². The number of carboxylic acid groups (broad SMARTS) is 3. The van der Waals surface area contributed by atoms with Crippen molar-refractivity contribution in [2.75, 3.05) is 19.6 Å². The number of aliphatic carboxylic acids is 3. The summed E-state index contributed by atoms with van der Waals surface area (Å²) in [5, 5.41) is 85.1. The molecule has 245 valence electrons. The fraction of sp³-hybridized carbons (Fsp3) is 0.200. The molecular weight excluding hydrogens is 650 g/mol. The topological polar surface area (TPSA) is 279 Å². The molecule has 0 unspecified atom stereocenters. The van der Waals surface area contributed by atoms with E-state index in [2.05, 4.69) is 15.0 Å². The standard InChI is InChI=1S/3C10H11NO4.Fe/c3*12-8-2-1-7(9(13)5-8)3-4-11-6-10(14)15;/h3*1-2,4-5,12-13H,3,6H2,(H,14,15);/q;;;+3/p-3. The molecule has 0 aromatic heterocycles. The Labute approximate surface area is 273 Å². The molecule has 3 aromatic rings. The molecule has 1 radical (unpaired) electrons. The van der Waals surface area contributed by atoms with E-state index in [-0.39, 0.29) is 51.6 Å². The van der Waals surface area contributed by atoms with E-state index in [0.29, 0.717) is 36.0 Å². The number of carboxylic acids is 3. The maximum absolute atomic E-state index is 10.0. The van der Waals surface area contributed by atoms with Crippen LogP contribution in [0.1, 0.15) is 16.7 Å². The second-order valence-electron chi connectivity index (χ2n) is 8.74. The molecule has 16 heteroatoms. The van der Waals surface area contributed by atoms with Crippen LogP contribution in [0.5, 0.6) is 34.5 Å². The third kappa shape index (κ3) is 18.1. The minimum absolute atomic E-state index is 0. The van der Waals surface area contributed by atoms with E-state index in [0.717, 1.165) is 0 Å². The predicted molar refractivity (Wildman–Crippen MR) is 156 cm³/mol. The Morgan fingerprint density at radius 2 is 0.739 bits per heavy atom. The van der Waals surface area contributed by atoms with Crippen LogP contribution in [0.4, 0.5) is 0 Å². The molecule has 15 nitrogen and oxygen atoms in total. The normalized spacial score (nSPS) is 10.4. The zero-order chi connectivity index (χ0) is 33.8. The van der Waals surface area contributed by atoms with Crippen LogP contribution in [0.2, 0.25) is 0 Å². The number of carbonyl (C=O) groups excluding carboxylic acids is 3. The number of carbonyl (C=O) groups is 3. The van der Waals surface area contributed by atoms with Crippen LogP contribution in [0, 0.1) is 0 Å². The average molecular weight is 680 g/mol. The van der Waals surface area contributed by atoms with Crippen molar-refractivity contribution in [2.45, 2.75) is 19.3 Å². The van der Waals surface area contributed by atoms with Gasteiger partial charge in [-0.05, 0) is 34.9 Å². The van der Waals surface area contributed by atoms with Gasteiger partial charge in [-0.25, -0.2) is 0 Å². The van der Waals surface area contributed by atoms with Crippen molar-refractivity contribution in [3.05, 3.63) is 71.3 Å². The van der Waals surface area contributed by atoms with Crippen LogP contribution in [0.3, 0.4) is 0 Å². The SMILES string of the molecule is O=C([O-])CN=CCc1ccc(O)cc1O.O=C([O-])CN=CCc1ccc(O)cc1O.O=C([O-])CN=CCc1ccc(O)cc1O.[Fe+3]. The van der Waals surface area contributed by atoms with E-state index in [1.165, 1.54) is 73.2 Å². The summed E-state index contributed by atoms with van der Waals surface area (Å²) in [5.74, 6) is -3.96. The first-order valence-electron chi connectivity index (χ1n) is 12.8. The molecule has 0 heterocycles. The number of nitrogens with zero attached hydrogens (tertiary/aromatic N) is 3. The summed E-state index contributed by atoms with van der Waals surface area (Å²) in [6.07, 6.45) is 5.05. The van der Waals surface area contributed by atoms with Crippen molar-refractivity contribution in [2.24, 2.45) is 15.0 Å². The van der Waals surface area contributed by atoms with Gasteiger partial charge >= 0.3 is 17.1 Å². The summed E-state index contributed by atoms with van der Waals surface area (Å²) >= 11 is 0. The van der Waals surface area contributed by atoms with Gasteiger partial charge in [0.05, 0.1) is 37.5 Å². The maximum atomic E-state index is 10.0. The Kier molecular flexibility index (Phi) is 19.3. The molecule has 0 fully saturated rings. The average Bonchev–Trinajstić information content (AvgIpc) is 2.95. The molecule has 0 aliphatic carbocycles. The van der Waals surface area contributed by atoms with Crippen LogP contribution < -0.4 is 15.3 Å². The van der Waals surface area contributed by atoms with Crippen LogP contribution in [0.25, 0.3) is 0 Å². The maximum Gasteiger partial charge on any atom is 3.00 e. The van der Waals surface area contributed by atoms with Crippen LogP contribution >= 0.6 is 0 Å². The predicted octanol–water partition coefficient (Wildman–Crippen LogP) is -1.62. The van der Waals surface area contributed by atoms with Crippen molar-refractivity contribution in [3.8, 4) is 34.5 Å². The first-order valence-corrected chi connectivity index (χ1v) is 12.8. The monoisotopic (exact) mass is 680 g/mol. The Morgan fingerprint density at radius 3 is 0.935 bits per heavy atom. The largest absolute Gasteiger partial charge is 3.00 e. The number of phenolic OH excluding ortho intramolecular Hbond substituents is 6.